The fraction of sp³-hybridized carbons (Fsp3) is 0.250. The van der Waals surface area contributed by atoms with Crippen LogP contribution in [0.2, 0.25) is 0 Å². The lowest BCUT2D eigenvalue weighted by Crippen LogP contribution is -1.89. The van der Waals surface area contributed by atoms with Crippen LogP contribution in [0.3, 0.4) is 0 Å². The third-order valence-electron chi connectivity index (χ3n) is 2.55. The van der Waals surface area contributed by atoms with Crippen molar-refractivity contribution in [2.45, 2.75) is 13.3 Å². The average molecular weight is 186 g/mol. The van der Waals surface area contributed by atoms with Crippen LogP contribution in [0, 0.1) is 6.92 Å². The first-order valence-corrected chi connectivity index (χ1v) is 4.81. The molecule has 2 rings (SSSR count). The molecule has 1 N–H and O–H groups in total. The normalized spacial score (nSPS) is 10.6. The number of aromatic nitrogens is 1. The van der Waals surface area contributed by atoms with E-state index in [0.29, 0.717) is 0 Å². The zero-order valence-electron chi connectivity index (χ0n) is 8.38. The van der Waals surface area contributed by atoms with E-state index in [1.54, 1.807) is 0 Å². The summed E-state index contributed by atoms with van der Waals surface area (Å²) in [6, 6.07) is 8.37. The van der Waals surface area contributed by atoms with E-state index in [9.17, 15) is 0 Å². The van der Waals surface area contributed by atoms with Gasteiger partial charge in [0.05, 0.1) is 0 Å². The fourth-order valence-corrected chi connectivity index (χ4v) is 1.85. The molecule has 0 spiro atoms. The van der Waals surface area contributed by atoms with Gasteiger partial charge < -0.3 is 9.98 Å². The molecule has 0 aliphatic carbocycles. The molecule has 0 aliphatic rings. The summed E-state index contributed by atoms with van der Waals surface area (Å²) >= 11 is 0. The van der Waals surface area contributed by atoms with Crippen LogP contribution < -0.4 is 0 Å². The highest BCUT2D eigenvalue weighted by molar-refractivity contribution is 5.84. The molecule has 0 amide bonds. The molecular weight excluding hydrogens is 172 g/mol. The summed E-state index contributed by atoms with van der Waals surface area (Å²) in [7, 11) is 0. The van der Waals surface area contributed by atoms with Crippen molar-refractivity contribution in [3.63, 3.8) is 0 Å². The predicted molar refractivity (Wildman–Crippen MR) is 61.2 cm³/mol. The maximum absolute atomic E-state index is 3.89. The molecule has 0 bridgehead atoms. The van der Waals surface area contributed by atoms with Crippen LogP contribution in [-0.4, -0.2) is 18.2 Å². The number of H-pyrrole nitrogens is 1. The van der Waals surface area contributed by atoms with Gasteiger partial charge in [-0.25, -0.2) is 0 Å². The lowest BCUT2D eigenvalue weighted by Gasteiger charge is -1.97. The molecule has 0 unspecified atom stereocenters. The SMILES string of the molecule is C=NCCc1c(C)[nH]c2ccccc12. The van der Waals surface area contributed by atoms with Crippen LogP contribution in [0.15, 0.2) is 29.3 Å². The third-order valence-corrected chi connectivity index (χ3v) is 2.55. The van der Waals surface area contributed by atoms with Crippen molar-refractivity contribution in [3.05, 3.63) is 35.5 Å². The quantitative estimate of drug-likeness (QED) is 0.714. The number of rotatable bonds is 3. The van der Waals surface area contributed by atoms with Crippen molar-refractivity contribution in [1.29, 1.82) is 0 Å². The molecule has 0 radical (unpaired) electrons. The Morgan fingerprint density at radius 1 is 1.36 bits per heavy atom. The molecule has 14 heavy (non-hydrogen) atoms. The Morgan fingerprint density at radius 2 is 2.14 bits per heavy atom. The number of nitrogens with one attached hydrogen (secondary N) is 1. The second-order valence-electron chi connectivity index (χ2n) is 3.47. The molecule has 0 fully saturated rings. The van der Waals surface area contributed by atoms with E-state index < -0.39 is 0 Å². The minimum Gasteiger partial charge on any atom is -0.358 e. The highest BCUT2D eigenvalue weighted by Gasteiger charge is 2.06. The summed E-state index contributed by atoms with van der Waals surface area (Å²) in [6.07, 6.45) is 0.972. The maximum Gasteiger partial charge on any atom is 0.0458 e. The molecule has 0 saturated heterocycles. The Hall–Kier alpha value is -1.57. The average Bonchev–Trinajstić information content (AvgIpc) is 2.51. The van der Waals surface area contributed by atoms with Gasteiger partial charge in [-0.05, 0) is 31.7 Å². The van der Waals surface area contributed by atoms with Crippen LogP contribution in [0.4, 0.5) is 0 Å². The van der Waals surface area contributed by atoms with Gasteiger partial charge in [-0.2, -0.15) is 0 Å². The van der Waals surface area contributed by atoms with Crippen molar-refractivity contribution in [1.82, 2.24) is 4.98 Å². The summed E-state index contributed by atoms with van der Waals surface area (Å²) in [5.41, 5.74) is 3.83. The second-order valence-corrected chi connectivity index (χ2v) is 3.47. The van der Waals surface area contributed by atoms with E-state index in [0.717, 1.165) is 13.0 Å². The molecule has 1 heterocycles. The van der Waals surface area contributed by atoms with E-state index >= 15 is 0 Å². The highest BCUT2D eigenvalue weighted by atomic mass is 14.7. The standard InChI is InChI=1S/C12H14N2/c1-9-10(7-8-13-2)11-5-3-4-6-12(11)14-9/h3-6,14H,2,7-8H2,1H3. The van der Waals surface area contributed by atoms with Gasteiger partial charge in [-0.3, -0.25) is 0 Å². The lowest BCUT2D eigenvalue weighted by molar-refractivity contribution is 0.970. The monoisotopic (exact) mass is 186 g/mol. The maximum atomic E-state index is 3.89. The summed E-state index contributed by atoms with van der Waals surface area (Å²) in [4.78, 5) is 7.27. The fourth-order valence-electron chi connectivity index (χ4n) is 1.85. The molecule has 72 valence electrons. The number of nitrogens with zero attached hydrogens (tertiary/aromatic N) is 1. The number of benzene rings is 1. The van der Waals surface area contributed by atoms with Gasteiger partial charge in [-0.1, -0.05) is 18.2 Å². The number of aromatic amines is 1. The Bertz CT molecular complexity index is 454. The van der Waals surface area contributed by atoms with Gasteiger partial charge in [0.2, 0.25) is 0 Å². The van der Waals surface area contributed by atoms with Crippen LogP contribution >= 0.6 is 0 Å². The lowest BCUT2D eigenvalue weighted by atomic mass is 10.1. The molecule has 2 heteroatoms. The number of hydrogen-bond acceptors (Lipinski definition) is 1. The number of para-hydroxylation sites is 1. The van der Waals surface area contributed by atoms with Crippen molar-refractivity contribution in [2.75, 3.05) is 6.54 Å². The Balaban J connectivity index is 2.50. The Kier molecular flexibility index (Phi) is 2.35. The highest BCUT2D eigenvalue weighted by Crippen LogP contribution is 2.21. The van der Waals surface area contributed by atoms with Gasteiger partial charge >= 0.3 is 0 Å². The molecule has 1 aromatic carbocycles. The molecule has 2 nitrogen and oxygen atoms in total. The van der Waals surface area contributed by atoms with Gasteiger partial charge in [0, 0.05) is 23.1 Å². The van der Waals surface area contributed by atoms with Gasteiger partial charge in [0.1, 0.15) is 0 Å². The molecule has 0 aliphatic heterocycles. The van der Waals surface area contributed by atoms with Crippen molar-refractivity contribution in [3.8, 4) is 0 Å². The molecule has 2 aromatic rings. The van der Waals surface area contributed by atoms with E-state index in [2.05, 4.69) is 41.8 Å². The summed E-state index contributed by atoms with van der Waals surface area (Å²) in [5, 5.41) is 1.31. The van der Waals surface area contributed by atoms with Crippen LogP contribution in [0.25, 0.3) is 10.9 Å². The second kappa shape index (κ2) is 3.66. The first kappa shape index (κ1) is 9.00. The van der Waals surface area contributed by atoms with E-state index in [1.807, 2.05) is 6.07 Å². The molecular formula is C12H14N2. The van der Waals surface area contributed by atoms with Crippen LogP contribution in [-0.2, 0) is 6.42 Å². The van der Waals surface area contributed by atoms with Crippen molar-refractivity contribution < 1.29 is 0 Å². The van der Waals surface area contributed by atoms with Crippen molar-refractivity contribution >= 4 is 17.6 Å². The number of fused-ring (bicyclic) bond motifs is 1. The van der Waals surface area contributed by atoms with Gasteiger partial charge in [0.25, 0.3) is 0 Å². The first-order chi connectivity index (χ1) is 6.83. The largest absolute Gasteiger partial charge is 0.358 e. The molecule has 0 saturated carbocycles. The van der Waals surface area contributed by atoms with Crippen LogP contribution in [0.1, 0.15) is 11.3 Å². The summed E-state index contributed by atoms with van der Waals surface area (Å²) in [6.45, 7) is 6.41. The van der Waals surface area contributed by atoms with E-state index in [1.165, 1.54) is 22.2 Å². The van der Waals surface area contributed by atoms with Gasteiger partial charge in [0.15, 0.2) is 0 Å². The summed E-state index contributed by atoms with van der Waals surface area (Å²) in [5.74, 6) is 0. The first-order valence-electron chi connectivity index (χ1n) is 4.81. The van der Waals surface area contributed by atoms with E-state index in [-0.39, 0.29) is 0 Å². The van der Waals surface area contributed by atoms with Crippen molar-refractivity contribution in [2.24, 2.45) is 4.99 Å². The predicted octanol–water partition coefficient (Wildman–Crippen LogP) is 2.72. The zero-order valence-corrected chi connectivity index (χ0v) is 8.38. The summed E-state index contributed by atoms with van der Waals surface area (Å²) < 4.78 is 0. The Labute approximate surface area is 83.7 Å². The van der Waals surface area contributed by atoms with E-state index in [4.69, 9.17) is 0 Å². The molecule has 0 atom stereocenters. The number of aliphatic imine (C=N–C) groups is 1. The topological polar surface area (TPSA) is 28.1 Å². The zero-order chi connectivity index (χ0) is 9.97. The third kappa shape index (κ3) is 1.43. The number of aryl methyl sites for hydroxylation is 1. The Morgan fingerprint density at radius 3 is 2.93 bits per heavy atom. The van der Waals surface area contributed by atoms with Crippen LogP contribution in [0.5, 0.6) is 0 Å². The number of hydrogen-bond donors (Lipinski definition) is 1. The minimum absolute atomic E-state index is 0.794. The smallest absolute Gasteiger partial charge is 0.0458 e. The van der Waals surface area contributed by atoms with Gasteiger partial charge in [-0.15, -0.1) is 0 Å². The minimum atomic E-state index is 0.794. The molecule has 1 aromatic heterocycles.